The van der Waals surface area contributed by atoms with Crippen LogP contribution in [-0.4, -0.2) is 28.5 Å². The summed E-state index contributed by atoms with van der Waals surface area (Å²) in [5.74, 6) is -0.801. The number of aromatic nitrogens is 1. The average molecular weight is 236 g/mol. The molecule has 0 aliphatic carbocycles. The van der Waals surface area contributed by atoms with Crippen molar-refractivity contribution < 1.29 is 14.7 Å². The van der Waals surface area contributed by atoms with Crippen LogP contribution in [0.4, 0.5) is 0 Å². The van der Waals surface area contributed by atoms with Gasteiger partial charge in [0, 0.05) is 12.7 Å². The maximum atomic E-state index is 11.6. The molecule has 1 rings (SSSR count). The van der Waals surface area contributed by atoms with Crippen molar-refractivity contribution in [2.75, 3.05) is 6.54 Å². The van der Waals surface area contributed by atoms with E-state index in [4.69, 9.17) is 5.11 Å². The second kappa shape index (κ2) is 5.98. The Hall–Kier alpha value is -1.91. The lowest BCUT2D eigenvalue weighted by molar-refractivity contribution is 0.0695. The number of hydrogen-bond acceptors (Lipinski definition) is 3. The van der Waals surface area contributed by atoms with E-state index in [1.807, 2.05) is 0 Å². The Labute approximate surface area is 99.9 Å². The quantitative estimate of drug-likeness (QED) is 0.813. The molecular weight excluding hydrogens is 220 g/mol. The number of nitrogens with one attached hydrogen (secondary N) is 1. The van der Waals surface area contributed by atoms with Gasteiger partial charge in [-0.2, -0.15) is 0 Å². The monoisotopic (exact) mass is 236 g/mol. The van der Waals surface area contributed by atoms with Crippen LogP contribution in [0.1, 0.15) is 41.1 Å². The van der Waals surface area contributed by atoms with E-state index in [0.717, 1.165) is 6.42 Å². The highest BCUT2D eigenvalue weighted by Crippen LogP contribution is 2.01. The van der Waals surface area contributed by atoms with E-state index in [2.05, 4.69) is 24.1 Å². The van der Waals surface area contributed by atoms with E-state index >= 15 is 0 Å². The standard InChI is InChI=1S/C12H16N2O3/c1-8(2)5-6-13-11(15)10-4-3-9(7-14-10)12(16)17/h3-4,7-8H,5-6H2,1-2H3,(H,13,15)(H,16,17). The first-order valence-electron chi connectivity index (χ1n) is 5.48. The Morgan fingerprint density at radius 3 is 2.59 bits per heavy atom. The summed E-state index contributed by atoms with van der Waals surface area (Å²) in [6.45, 7) is 4.75. The van der Waals surface area contributed by atoms with E-state index in [1.165, 1.54) is 18.3 Å². The molecule has 0 aliphatic heterocycles. The molecule has 1 amide bonds. The smallest absolute Gasteiger partial charge is 0.337 e. The first kappa shape index (κ1) is 13.2. The Morgan fingerprint density at radius 2 is 2.12 bits per heavy atom. The average Bonchev–Trinajstić information content (AvgIpc) is 2.28. The summed E-state index contributed by atoms with van der Waals surface area (Å²) in [5, 5.41) is 11.4. The van der Waals surface area contributed by atoms with Crippen molar-refractivity contribution in [3.63, 3.8) is 0 Å². The molecular formula is C12H16N2O3. The van der Waals surface area contributed by atoms with Crippen molar-refractivity contribution in [3.8, 4) is 0 Å². The molecule has 92 valence electrons. The number of pyridine rings is 1. The molecule has 0 fully saturated rings. The fourth-order valence-electron chi connectivity index (χ4n) is 1.22. The van der Waals surface area contributed by atoms with Crippen LogP contribution >= 0.6 is 0 Å². The van der Waals surface area contributed by atoms with E-state index < -0.39 is 5.97 Å². The number of amides is 1. The van der Waals surface area contributed by atoms with Gasteiger partial charge < -0.3 is 10.4 Å². The van der Waals surface area contributed by atoms with Crippen LogP contribution < -0.4 is 5.32 Å². The molecule has 0 bridgehead atoms. The highest BCUT2D eigenvalue weighted by atomic mass is 16.4. The summed E-state index contributed by atoms with van der Waals surface area (Å²) in [6.07, 6.45) is 2.08. The Balaban J connectivity index is 2.55. The molecule has 1 heterocycles. The van der Waals surface area contributed by atoms with Crippen molar-refractivity contribution in [1.82, 2.24) is 10.3 Å². The SMILES string of the molecule is CC(C)CCNC(=O)c1ccc(C(=O)O)cn1. The highest BCUT2D eigenvalue weighted by molar-refractivity contribution is 5.93. The summed E-state index contributed by atoms with van der Waals surface area (Å²) in [7, 11) is 0. The van der Waals surface area contributed by atoms with E-state index in [0.29, 0.717) is 12.5 Å². The lowest BCUT2D eigenvalue weighted by atomic mass is 10.1. The van der Waals surface area contributed by atoms with Crippen molar-refractivity contribution in [3.05, 3.63) is 29.6 Å². The molecule has 1 aromatic rings. The van der Waals surface area contributed by atoms with Crippen molar-refractivity contribution in [1.29, 1.82) is 0 Å². The number of carboxylic acid groups (broad SMARTS) is 1. The normalized spacial score (nSPS) is 10.3. The Kier molecular flexibility index (Phi) is 4.63. The van der Waals surface area contributed by atoms with Crippen LogP contribution in [0.2, 0.25) is 0 Å². The summed E-state index contributed by atoms with van der Waals surface area (Å²) < 4.78 is 0. The number of carbonyl (C=O) groups is 2. The Morgan fingerprint density at radius 1 is 1.41 bits per heavy atom. The zero-order valence-corrected chi connectivity index (χ0v) is 9.93. The fraction of sp³-hybridized carbons (Fsp3) is 0.417. The molecule has 1 aromatic heterocycles. The van der Waals surface area contributed by atoms with Crippen molar-refractivity contribution >= 4 is 11.9 Å². The lowest BCUT2D eigenvalue weighted by Gasteiger charge is -2.06. The molecule has 0 unspecified atom stereocenters. The predicted molar refractivity (Wildman–Crippen MR) is 63.0 cm³/mol. The van der Waals surface area contributed by atoms with Gasteiger partial charge in [0.15, 0.2) is 0 Å². The maximum Gasteiger partial charge on any atom is 0.337 e. The summed E-state index contributed by atoms with van der Waals surface area (Å²) in [5.41, 5.74) is 0.308. The first-order valence-corrected chi connectivity index (χ1v) is 5.48. The number of nitrogens with zero attached hydrogens (tertiary/aromatic N) is 1. The van der Waals surface area contributed by atoms with Gasteiger partial charge in [-0.15, -0.1) is 0 Å². The van der Waals surface area contributed by atoms with Crippen LogP contribution in [0, 0.1) is 5.92 Å². The second-order valence-corrected chi connectivity index (χ2v) is 4.18. The number of rotatable bonds is 5. The third-order valence-corrected chi connectivity index (χ3v) is 2.25. The molecule has 0 spiro atoms. The van der Waals surface area contributed by atoms with Gasteiger partial charge in [0.05, 0.1) is 5.56 Å². The molecule has 0 saturated carbocycles. The third-order valence-electron chi connectivity index (χ3n) is 2.25. The second-order valence-electron chi connectivity index (χ2n) is 4.18. The summed E-state index contributed by atoms with van der Waals surface area (Å²) in [6, 6.07) is 2.78. The lowest BCUT2D eigenvalue weighted by Crippen LogP contribution is -2.26. The molecule has 0 radical (unpaired) electrons. The fourth-order valence-corrected chi connectivity index (χ4v) is 1.22. The predicted octanol–water partition coefficient (Wildman–Crippen LogP) is 1.56. The van der Waals surface area contributed by atoms with Gasteiger partial charge in [-0.3, -0.25) is 9.78 Å². The summed E-state index contributed by atoms with van der Waals surface area (Å²) in [4.78, 5) is 26.0. The van der Waals surface area contributed by atoms with Gasteiger partial charge in [-0.1, -0.05) is 13.8 Å². The minimum absolute atomic E-state index is 0.0729. The minimum atomic E-state index is -1.05. The van der Waals surface area contributed by atoms with Crippen LogP contribution in [0.25, 0.3) is 0 Å². The summed E-state index contributed by atoms with van der Waals surface area (Å²) >= 11 is 0. The van der Waals surface area contributed by atoms with Crippen molar-refractivity contribution in [2.24, 2.45) is 5.92 Å². The molecule has 0 aliphatic rings. The van der Waals surface area contributed by atoms with Gasteiger partial charge in [0.1, 0.15) is 5.69 Å². The van der Waals surface area contributed by atoms with Gasteiger partial charge in [-0.05, 0) is 24.5 Å². The minimum Gasteiger partial charge on any atom is -0.478 e. The number of carbonyl (C=O) groups excluding carboxylic acids is 1. The topological polar surface area (TPSA) is 79.3 Å². The van der Waals surface area contributed by atoms with Gasteiger partial charge in [0.25, 0.3) is 5.91 Å². The highest BCUT2D eigenvalue weighted by Gasteiger charge is 2.08. The third kappa shape index (κ3) is 4.22. The van der Waals surface area contributed by atoms with Crippen LogP contribution in [0.15, 0.2) is 18.3 Å². The largest absolute Gasteiger partial charge is 0.478 e. The zero-order chi connectivity index (χ0) is 12.8. The van der Waals surface area contributed by atoms with Crippen LogP contribution in [-0.2, 0) is 0 Å². The van der Waals surface area contributed by atoms with E-state index in [1.54, 1.807) is 0 Å². The number of carboxylic acids is 1. The van der Waals surface area contributed by atoms with Gasteiger partial charge in [-0.25, -0.2) is 4.79 Å². The molecule has 5 heteroatoms. The molecule has 2 N–H and O–H groups in total. The van der Waals surface area contributed by atoms with Crippen LogP contribution in [0.5, 0.6) is 0 Å². The van der Waals surface area contributed by atoms with Crippen molar-refractivity contribution in [2.45, 2.75) is 20.3 Å². The van der Waals surface area contributed by atoms with Crippen LogP contribution in [0.3, 0.4) is 0 Å². The molecule has 0 atom stereocenters. The zero-order valence-electron chi connectivity index (χ0n) is 9.93. The van der Waals surface area contributed by atoms with Gasteiger partial charge >= 0.3 is 5.97 Å². The maximum absolute atomic E-state index is 11.6. The van der Waals surface area contributed by atoms with E-state index in [-0.39, 0.29) is 17.2 Å². The first-order chi connectivity index (χ1) is 8.00. The number of hydrogen-bond donors (Lipinski definition) is 2. The Bertz CT molecular complexity index is 399. The van der Waals surface area contributed by atoms with Gasteiger partial charge in [0.2, 0.25) is 0 Å². The molecule has 0 saturated heterocycles. The number of aromatic carboxylic acids is 1. The molecule has 0 aromatic carbocycles. The van der Waals surface area contributed by atoms with E-state index in [9.17, 15) is 9.59 Å². The molecule has 17 heavy (non-hydrogen) atoms. The molecule has 5 nitrogen and oxygen atoms in total.